The van der Waals surface area contributed by atoms with Gasteiger partial charge < -0.3 is 19.1 Å². The van der Waals surface area contributed by atoms with Gasteiger partial charge in [-0.1, -0.05) is 144 Å². The first kappa shape index (κ1) is 42.9. The Kier molecular flexibility index (Phi) is 11.1. The second-order valence-electron chi connectivity index (χ2n) is 18.8. The third kappa shape index (κ3) is 7.71. The SMILES string of the molecule is CC(C)(C)c1cc(N2[CH-]N(c3[c-]c(Oc4[c-]c5c(cc4)c4ccccc4n5-c4cc(C(C)(c5ccccc5)c5ccccc5)ccn4)ccc3)c3ccccc32)cc(C(C)(C)C)c1.[Pt]. The first-order valence-corrected chi connectivity index (χ1v) is 21.8. The molecule has 7 aromatic carbocycles. The standard InChI is InChI=1S/C58H51N4O.Pt/c1-56(2,3)43-33-44(57(4,5)6)35-46(34-43)61-39-60(52-27-16-17-28-53(52)61)45-23-18-24-47(37-45)63-48-29-30-50-49-25-14-15-26-51(49)62(54(50)38-48)55-36-42(31-32-59-55)58(7,40-19-10-8-11-20-40)41-21-12-9-13-22-41;/h8-36,39H,1-7H3;/q-3;. The zero-order chi connectivity index (χ0) is 43.5. The maximum Gasteiger partial charge on any atom is 0.135 e. The van der Waals surface area contributed by atoms with E-state index in [1.54, 1.807) is 0 Å². The van der Waals surface area contributed by atoms with E-state index < -0.39 is 5.41 Å². The molecule has 1 aliphatic heterocycles. The maximum absolute atomic E-state index is 6.67. The van der Waals surface area contributed by atoms with Crippen molar-refractivity contribution in [1.82, 2.24) is 9.55 Å². The van der Waals surface area contributed by atoms with Crippen LogP contribution in [0.3, 0.4) is 0 Å². The largest absolute Gasteiger partial charge is 0.509 e. The van der Waals surface area contributed by atoms with E-state index >= 15 is 0 Å². The minimum atomic E-state index is -0.423. The summed E-state index contributed by atoms with van der Waals surface area (Å²) in [6.07, 6.45) is 1.93. The van der Waals surface area contributed by atoms with Gasteiger partial charge in [-0.15, -0.1) is 48.1 Å². The van der Waals surface area contributed by atoms with Crippen LogP contribution in [-0.2, 0) is 37.3 Å². The van der Waals surface area contributed by atoms with E-state index in [4.69, 9.17) is 9.72 Å². The van der Waals surface area contributed by atoms with Crippen molar-refractivity contribution in [3.63, 3.8) is 0 Å². The molecule has 0 spiro atoms. The Bertz CT molecular complexity index is 3050. The number of rotatable bonds is 8. The second-order valence-corrected chi connectivity index (χ2v) is 18.8. The third-order valence-electron chi connectivity index (χ3n) is 12.6. The van der Waals surface area contributed by atoms with Gasteiger partial charge >= 0.3 is 0 Å². The van der Waals surface area contributed by atoms with Gasteiger partial charge in [-0.2, -0.15) is 12.1 Å². The Labute approximate surface area is 392 Å². The van der Waals surface area contributed by atoms with Crippen LogP contribution in [0.2, 0.25) is 0 Å². The van der Waals surface area contributed by atoms with Gasteiger partial charge in [0.05, 0.1) is 0 Å². The van der Waals surface area contributed by atoms with Crippen molar-refractivity contribution in [3.05, 3.63) is 223 Å². The van der Waals surface area contributed by atoms with Crippen LogP contribution in [0.25, 0.3) is 27.6 Å². The summed E-state index contributed by atoms with van der Waals surface area (Å²) in [5, 5.41) is 2.20. The fourth-order valence-corrected chi connectivity index (χ4v) is 8.95. The summed E-state index contributed by atoms with van der Waals surface area (Å²) in [5.74, 6) is 2.01. The molecule has 0 N–H and O–H groups in total. The third-order valence-corrected chi connectivity index (χ3v) is 12.6. The van der Waals surface area contributed by atoms with Crippen LogP contribution in [0.15, 0.2) is 176 Å². The predicted octanol–water partition coefficient (Wildman–Crippen LogP) is 14.9. The summed E-state index contributed by atoms with van der Waals surface area (Å²) >= 11 is 0. The average molecular weight is 1020 g/mol. The minimum absolute atomic E-state index is 0. The Morgan fingerprint density at radius 1 is 0.500 bits per heavy atom. The van der Waals surface area contributed by atoms with Gasteiger partial charge in [0.25, 0.3) is 0 Å². The van der Waals surface area contributed by atoms with Gasteiger partial charge in [-0.3, -0.25) is 0 Å². The Hall–Kier alpha value is -6.42. The molecule has 9 aromatic rings. The Balaban J connectivity index is 0.00000518. The summed E-state index contributed by atoms with van der Waals surface area (Å²) < 4.78 is 8.88. The van der Waals surface area contributed by atoms with Crippen molar-refractivity contribution in [1.29, 1.82) is 0 Å². The number of hydrogen-bond donors (Lipinski definition) is 0. The van der Waals surface area contributed by atoms with Crippen LogP contribution in [0.1, 0.15) is 76.3 Å². The molecule has 1 aliphatic rings. The molecule has 2 aromatic heterocycles. The van der Waals surface area contributed by atoms with Crippen molar-refractivity contribution in [3.8, 4) is 17.3 Å². The molecule has 0 unspecified atom stereocenters. The van der Waals surface area contributed by atoms with E-state index in [1.807, 2.05) is 24.4 Å². The molecule has 0 fully saturated rings. The Morgan fingerprint density at radius 2 is 1.09 bits per heavy atom. The molecule has 0 aliphatic carbocycles. The molecule has 0 amide bonds. The molecule has 0 bridgehead atoms. The summed E-state index contributed by atoms with van der Waals surface area (Å²) in [6.45, 7) is 18.2. The first-order valence-electron chi connectivity index (χ1n) is 21.8. The average Bonchev–Trinajstić information content (AvgIpc) is 3.85. The van der Waals surface area contributed by atoms with E-state index in [2.05, 4.69) is 233 Å². The van der Waals surface area contributed by atoms with Crippen LogP contribution in [-0.4, -0.2) is 9.55 Å². The molecule has 0 saturated carbocycles. The van der Waals surface area contributed by atoms with Gasteiger partial charge in [0.15, 0.2) is 0 Å². The number of anilines is 4. The molecule has 0 radical (unpaired) electrons. The van der Waals surface area contributed by atoms with Gasteiger partial charge in [-0.25, -0.2) is 4.98 Å². The van der Waals surface area contributed by atoms with Crippen LogP contribution in [0.5, 0.6) is 11.5 Å². The van der Waals surface area contributed by atoms with Crippen LogP contribution in [0.4, 0.5) is 22.7 Å². The van der Waals surface area contributed by atoms with Crippen molar-refractivity contribution >= 4 is 44.6 Å². The number of aromatic nitrogens is 2. The van der Waals surface area contributed by atoms with Crippen molar-refractivity contribution in [2.24, 2.45) is 0 Å². The summed E-state index contributed by atoms with van der Waals surface area (Å²) in [4.78, 5) is 9.51. The molecule has 0 saturated heterocycles. The quantitative estimate of drug-likeness (QED) is 0.142. The molecule has 322 valence electrons. The zero-order valence-corrected chi connectivity index (χ0v) is 39.6. The summed E-state index contributed by atoms with van der Waals surface area (Å²) in [5.41, 5.74) is 11.9. The first-order chi connectivity index (χ1) is 30.4. The van der Waals surface area contributed by atoms with E-state index in [-0.39, 0.29) is 31.9 Å². The second kappa shape index (κ2) is 16.6. The number of fused-ring (bicyclic) bond motifs is 4. The van der Waals surface area contributed by atoms with Crippen molar-refractivity contribution in [2.75, 3.05) is 9.80 Å². The number of hydrogen-bond acceptors (Lipinski definition) is 4. The van der Waals surface area contributed by atoms with Gasteiger partial charge in [0.2, 0.25) is 0 Å². The van der Waals surface area contributed by atoms with Crippen LogP contribution < -0.4 is 14.5 Å². The molecular weight excluding hydrogens is 964 g/mol. The van der Waals surface area contributed by atoms with E-state index in [0.717, 1.165) is 55.9 Å². The summed E-state index contributed by atoms with van der Waals surface area (Å²) in [7, 11) is 0. The normalized spacial score (nSPS) is 13.0. The number of pyridine rings is 1. The smallest absolute Gasteiger partial charge is 0.135 e. The Morgan fingerprint density at radius 3 is 1.75 bits per heavy atom. The van der Waals surface area contributed by atoms with Crippen molar-refractivity contribution in [2.45, 2.75) is 64.7 Å². The molecule has 3 heterocycles. The molecule has 6 heteroatoms. The fraction of sp³-hybridized carbons (Fsp3) is 0.172. The predicted molar refractivity (Wildman–Crippen MR) is 260 cm³/mol. The molecular formula is C58H51N4OPt-3. The zero-order valence-electron chi connectivity index (χ0n) is 37.3. The number of nitrogens with zero attached hydrogens (tertiary/aromatic N) is 4. The van der Waals surface area contributed by atoms with E-state index in [1.165, 1.54) is 22.3 Å². The van der Waals surface area contributed by atoms with Gasteiger partial charge in [0.1, 0.15) is 5.82 Å². The minimum Gasteiger partial charge on any atom is -0.509 e. The molecule has 64 heavy (non-hydrogen) atoms. The van der Waals surface area contributed by atoms with E-state index in [9.17, 15) is 0 Å². The number of benzene rings is 7. The van der Waals surface area contributed by atoms with Crippen LogP contribution >= 0.6 is 0 Å². The summed E-state index contributed by atoms with van der Waals surface area (Å²) in [6, 6.07) is 67.3. The number of para-hydroxylation sites is 3. The fourth-order valence-electron chi connectivity index (χ4n) is 8.95. The number of ether oxygens (including phenoxy) is 1. The molecule has 5 nitrogen and oxygen atoms in total. The topological polar surface area (TPSA) is 33.5 Å². The van der Waals surface area contributed by atoms with Gasteiger partial charge in [0, 0.05) is 66.8 Å². The maximum atomic E-state index is 6.67. The molecule has 0 atom stereocenters. The van der Waals surface area contributed by atoms with E-state index in [0.29, 0.717) is 11.5 Å². The molecule has 10 rings (SSSR count). The monoisotopic (exact) mass is 1010 g/mol. The van der Waals surface area contributed by atoms with Crippen molar-refractivity contribution < 1.29 is 25.8 Å². The van der Waals surface area contributed by atoms with Gasteiger partial charge in [-0.05, 0) is 93.4 Å². The van der Waals surface area contributed by atoms with Crippen LogP contribution in [0, 0.1) is 18.8 Å².